The monoisotopic (exact) mass is 263 g/mol. The van der Waals surface area contributed by atoms with Gasteiger partial charge in [-0.2, -0.15) is 0 Å². The van der Waals surface area contributed by atoms with Gasteiger partial charge in [-0.3, -0.25) is 4.90 Å². The van der Waals surface area contributed by atoms with Gasteiger partial charge in [0, 0.05) is 23.2 Å². The quantitative estimate of drug-likeness (QED) is 0.644. The lowest BCUT2D eigenvalue weighted by atomic mass is 10.1. The molecule has 0 N–H and O–H groups in total. The van der Waals surface area contributed by atoms with Gasteiger partial charge in [-0.15, -0.1) is 11.8 Å². The SMILES string of the molecule is CC(C)CCN(CCSc1ccccc1)C1CC1. The van der Waals surface area contributed by atoms with Crippen LogP contribution >= 0.6 is 11.8 Å². The predicted octanol–water partition coefficient (Wildman–Crippen LogP) is 4.29. The maximum atomic E-state index is 2.70. The summed E-state index contributed by atoms with van der Waals surface area (Å²) in [6.07, 6.45) is 4.19. The van der Waals surface area contributed by atoms with Gasteiger partial charge in [0.1, 0.15) is 0 Å². The maximum absolute atomic E-state index is 2.70. The van der Waals surface area contributed by atoms with E-state index < -0.39 is 0 Å². The molecule has 1 aliphatic rings. The fourth-order valence-corrected chi connectivity index (χ4v) is 3.05. The predicted molar refractivity (Wildman–Crippen MR) is 81.2 cm³/mol. The Bertz CT molecular complexity index is 332. The van der Waals surface area contributed by atoms with Gasteiger partial charge in [0.25, 0.3) is 0 Å². The molecule has 0 saturated heterocycles. The molecule has 0 radical (unpaired) electrons. The topological polar surface area (TPSA) is 3.24 Å². The number of rotatable bonds is 8. The summed E-state index contributed by atoms with van der Waals surface area (Å²) in [4.78, 5) is 4.10. The summed E-state index contributed by atoms with van der Waals surface area (Å²) in [6, 6.07) is 11.7. The lowest BCUT2D eigenvalue weighted by Crippen LogP contribution is -2.30. The smallest absolute Gasteiger partial charge is 0.0108 e. The molecule has 0 heterocycles. The summed E-state index contributed by atoms with van der Waals surface area (Å²) in [5.41, 5.74) is 0. The largest absolute Gasteiger partial charge is 0.300 e. The Morgan fingerprint density at radius 1 is 1.17 bits per heavy atom. The average Bonchev–Trinajstić information content (AvgIpc) is 3.19. The molecule has 2 heteroatoms. The highest BCUT2D eigenvalue weighted by molar-refractivity contribution is 7.99. The number of thioether (sulfide) groups is 1. The standard InChI is InChI=1S/C16H25NS/c1-14(2)10-11-17(15-8-9-15)12-13-18-16-6-4-3-5-7-16/h3-7,14-15H,8-13H2,1-2H3. The van der Waals surface area contributed by atoms with E-state index in [2.05, 4.69) is 49.1 Å². The Kier molecular flexibility index (Phi) is 5.58. The number of benzene rings is 1. The van der Waals surface area contributed by atoms with Crippen LogP contribution in [0.1, 0.15) is 33.1 Å². The first-order chi connectivity index (χ1) is 8.75. The summed E-state index contributed by atoms with van der Waals surface area (Å²) in [6.45, 7) is 7.18. The van der Waals surface area contributed by atoms with Crippen molar-refractivity contribution >= 4 is 11.8 Å². The summed E-state index contributed by atoms with van der Waals surface area (Å²) in [5, 5.41) is 0. The van der Waals surface area contributed by atoms with E-state index in [-0.39, 0.29) is 0 Å². The summed E-state index contributed by atoms with van der Waals surface area (Å²) in [7, 11) is 0. The van der Waals surface area contributed by atoms with E-state index in [1.54, 1.807) is 0 Å². The van der Waals surface area contributed by atoms with Crippen molar-refractivity contribution in [3.63, 3.8) is 0 Å². The second-order valence-corrected chi connectivity index (χ2v) is 6.78. The average molecular weight is 263 g/mol. The summed E-state index contributed by atoms with van der Waals surface area (Å²) in [5.74, 6) is 2.05. The van der Waals surface area contributed by atoms with E-state index in [1.165, 1.54) is 43.0 Å². The van der Waals surface area contributed by atoms with Crippen LogP contribution in [0, 0.1) is 5.92 Å². The van der Waals surface area contributed by atoms with Crippen molar-refractivity contribution in [2.75, 3.05) is 18.8 Å². The van der Waals surface area contributed by atoms with Crippen molar-refractivity contribution in [3.8, 4) is 0 Å². The first kappa shape index (κ1) is 14.0. The van der Waals surface area contributed by atoms with Crippen LogP contribution in [0.5, 0.6) is 0 Å². The summed E-state index contributed by atoms with van der Waals surface area (Å²) < 4.78 is 0. The molecule has 0 bridgehead atoms. The number of nitrogens with zero attached hydrogens (tertiary/aromatic N) is 1. The highest BCUT2D eigenvalue weighted by Crippen LogP contribution is 2.28. The van der Waals surface area contributed by atoms with Crippen LogP contribution in [0.15, 0.2) is 35.2 Å². The molecule has 0 aromatic heterocycles. The van der Waals surface area contributed by atoms with Gasteiger partial charge in [-0.05, 0) is 43.9 Å². The van der Waals surface area contributed by atoms with Crippen LogP contribution < -0.4 is 0 Å². The zero-order valence-corrected chi connectivity index (χ0v) is 12.5. The first-order valence-corrected chi connectivity index (χ1v) is 8.16. The second kappa shape index (κ2) is 7.20. The zero-order valence-electron chi connectivity index (χ0n) is 11.6. The Morgan fingerprint density at radius 2 is 1.89 bits per heavy atom. The van der Waals surface area contributed by atoms with Crippen LogP contribution in [0.3, 0.4) is 0 Å². The van der Waals surface area contributed by atoms with Crippen molar-refractivity contribution in [1.29, 1.82) is 0 Å². The summed E-state index contributed by atoms with van der Waals surface area (Å²) >= 11 is 1.99. The van der Waals surface area contributed by atoms with Crippen LogP contribution in [0.2, 0.25) is 0 Å². The molecule has 1 aromatic carbocycles. The molecule has 0 atom stereocenters. The molecular weight excluding hydrogens is 238 g/mol. The van der Waals surface area contributed by atoms with Crippen LogP contribution in [-0.2, 0) is 0 Å². The van der Waals surface area contributed by atoms with Gasteiger partial charge in [-0.1, -0.05) is 32.0 Å². The number of hydrogen-bond donors (Lipinski definition) is 0. The lowest BCUT2D eigenvalue weighted by Gasteiger charge is -2.22. The van der Waals surface area contributed by atoms with Gasteiger partial charge in [0.2, 0.25) is 0 Å². The molecule has 100 valence electrons. The minimum atomic E-state index is 0.827. The van der Waals surface area contributed by atoms with Crippen molar-refractivity contribution in [2.24, 2.45) is 5.92 Å². The fourth-order valence-electron chi connectivity index (χ4n) is 2.14. The van der Waals surface area contributed by atoms with Crippen LogP contribution in [-0.4, -0.2) is 29.8 Å². The zero-order chi connectivity index (χ0) is 12.8. The minimum Gasteiger partial charge on any atom is -0.300 e. The van der Waals surface area contributed by atoms with E-state index >= 15 is 0 Å². The third-order valence-corrected chi connectivity index (χ3v) is 4.44. The van der Waals surface area contributed by atoms with E-state index in [1.807, 2.05) is 11.8 Å². The van der Waals surface area contributed by atoms with E-state index in [0.717, 1.165) is 12.0 Å². The van der Waals surface area contributed by atoms with Crippen LogP contribution in [0.25, 0.3) is 0 Å². The van der Waals surface area contributed by atoms with Crippen molar-refractivity contribution in [2.45, 2.75) is 44.0 Å². The van der Waals surface area contributed by atoms with Gasteiger partial charge in [-0.25, -0.2) is 0 Å². The Balaban J connectivity index is 1.69. The van der Waals surface area contributed by atoms with Crippen molar-refractivity contribution in [1.82, 2.24) is 4.90 Å². The van der Waals surface area contributed by atoms with Crippen molar-refractivity contribution < 1.29 is 0 Å². The highest BCUT2D eigenvalue weighted by atomic mass is 32.2. The van der Waals surface area contributed by atoms with Crippen LogP contribution in [0.4, 0.5) is 0 Å². The lowest BCUT2D eigenvalue weighted by molar-refractivity contribution is 0.263. The van der Waals surface area contributed by atoms with Gasteiger partial charge in [0.15, 0.2) is 0 Å². The van der Waals surface area contributed by atoms with Gasteiger partial charge < -0.3 is 0 Å². The molecule has 0 amide bonds. The molecule has 2 rings (SSSR count). The third-order valence-electron chi connectivity index (χ3n) is 3.45. The highest BCUT2D eigenvalue weighted by Gasteiger charge is 2.28. The Labute approximate surface area is 116 Å². The maximum Gasteiger partial charge on any atom is 0.0108 e. The Hall–Kier alpha value is -0.470. The molecule has 0 aliphatic heterocycles. The van der Waals surface area contributed by atoms with Gasteiger partial charge >= 0.3 is 0 Å². The number of hydrogen-bond acceptors (Lipinski definition) is 2. The molecule has 18 heavy (non-hydrogen) atoms. The minimum absolute atomic E-state index is 0.827. The molecular formula is C16H25NS. The first-order valence-electron chi connectivity index (χ1n) is 7.17. The molecule has 0 unspecified atom stereocenters. The second-order valence-electron chi connectivity index (χ2n) is 5.61. The normalized spacial score (nSPS) is 15.6. The molecule has 1 aliphatic carbocycles. The van der Waals surface area contributed by atoms with E-state index in [9.17, 15) is 0 Å². The Morgan fingerprint density at radius 3 is 2.50 bits per heavy atom. The van der Waals surface area contributed by atoms with Gasteiger partial charge in [0.05, 0.1) is 0 Å². The molecule has 1 fully saturated rings. The third kappa shape index (κ3) is 5.03. The van der Waals surface area contributed by atoms with Crippen molar-refractivity contribution in [3.05, 3.63) is 30.3 Å². The van der Waals surface area contributed by atoms with E-state index in [4.69, 9.17) is 0 Å². The molecule has 1 aromatic rings. The fraction of sp³-hybridized carbons (Fsp3) is 0.625. The molecule has 1 nitrogen and oxygen atoms in total. The molecule has 0 spiro atoms. The van der Waals surface area contributed by atoms with E-state index in [0.29, 0.717) is 0 Å². The molecule has 1 saturated carbocycles.